The van der Waals surface area contributed by atoms with Gasteiger partial charge >= 0.3 is 0 Å². The van der Waals surface area contributed by atoms with E-state index in [1.807, 2.05) is 12.3 Å². The first-order chi connectivity index (χ1) is 5.27. The number of aromatic nitrogens is 1. The van der Waals surface area contributed by atoms with E-state index in [9.17, 15) is 0 Å². The Bertz CT molecular complexity index is 394. The largest absolute Gasteiger partial charge is 0.249 e. The van der Waals surface area contributed by atoms with Crippen molar-refractivity contribution >= 4 is 37.4 Å². The maximum Gasteiger partial charge on any atom is 0.107 e. The highest BCUT2D eigenvalue weighted by Crippen LogP contribution is 2.26. The number of pyridine rings is 1. The summed E-state index contributed by atoms with van der Waals surface area (Å²) in [6, 6.07) is 2.05. The third-order valence-electron chi connectivity index (χ3n) is 1.62. The molecule has 0 amide bonds. The van der Waals surface area contributed by atoms with Gasteiger partial charge in [0.25, 0.3) is 0 Å². The number of nitrogens with zero attached hydrogens (tertiary/aromatic N) is 1. The van der Waals surface area contributed by atoms with Crippen molar-refractivity contribution in [3.63, 3.8) is 0 Å². The molecule has 0 radical (unpaired) electrons. The number of hydrogen-bond donors (Lipinski definition) is 0. The summed E-state index contributed by atoms with van der Waals surface area (Å²) in [7, 11) is 0. The lowest BCUT2D eigenvalue weighted by Crippen LogP contribution is -1.73. The highest BCUT2D eigenvalue weighted by Gasteiger charge is 1.99. The van der Waals surface area contributed by atoms with Crippen molar-refractivity contribution < 1.29 is 0 Å². The maximum atomic E-state index is 4.16. The van der Waals surface area contributed by atoms with Crippen molar-refractivity contribution in [1.82, 2.24) is 4.98 Å². The Morgan fingerprint density at radius 3 is 3.18 bits per heavy atom. The lowest BCUT2D eigenvalue weighted by atomic mass is 10.2. The first kappa shape index (κ1) is 7.25. The van der Waals surface area contributed by atoms with Gasteiger partial charge in [-0.15, -0.1) is 11.3 Å². The van der Waals surface area contributed by atoms with E-state index in [0.717, 1.165) is 4.60 Å². The summed E-state index contributed by atoms with van der Waals surface area (Å²) in [6.45, 7) is 2.11. The Morgan fingerprint density at radius 2 is 2.36 bits per heavy atom. The zero-order valence-corrected chi connectivity index (χ0v) is 8.37. The molecule has 56 valence electrons. The molecule has 0 spiro atoms. The molecule has 0 unspecified atom stereocenters. The number of rotatable bonds is 0. The van der Waals surface area contributed by atoms with Gasteiger partial charge in [-0.2, -0.15) is 0 Å². The molecule has 2 rings (SSSR count). The van der Waals surface area contributed by atoms with E-state index in [1.54, 1.807) is 11.3 Å². The molecule has 3 heteroatoms. The predicted molar refractivity (Wildman–Crippen MR) is 52.1 cm³/mol. The summed E-state index contributed by atoms with van der Waals surface area (Å²) in [5, 5.41) is 3.41. The van der Waals surface area contributed by atoms with E-state index in [-0.39, 0.29) is 0 Å². The van der Waals surface area contributed by atoms with Crippen molar-refractivity contribution in [3.05, 3.63) is 27.8 Å². The molecule has 2 heterocycles. The van der Waals surface area contributed by atoms with Crippen LogP contribution in [0.3, 0.4) is 0 Å². The molecule has 0 aliphatic rings. The van der Waals surface area contributed by atoms with Crippen LogP contribution in [0.2, 0.25) is 0 Å². The fourth-order valence-corrected chi connectivity index (χ4v) is 2.46. The summed E-state index contributed by atoms with van der Waals surface area (Å²) in [4.78, 5) is 4.16. The Labute approximate surface area is 77.2 Å². The molecule has 0 fully saturated rings. The number of thiophene rings is 1. The van der Waals surface area contributed by atoms with Crippen LogP contribution in [0.25, 0.3) is 10.1 Å². The quantitative estimate of drug-likeness (QED) is 0.630. The molecule has 0 saturated carbocycles. The van der Waals surface area contributed by atoms with E-state index < -0.39 is 0 Å². The van der Waals surface area contributed by atoms with Gasteiger partial charge in [0.05, 0.1) is 0 Å². The number of aryl methyl sites for hydroxylation is 1. The number of fused-ring (bicyclic) bond motifs is 1. The third-order valence-corrected chi connectivity index (χ3v) is 3.12. The smallest absolute Gasteiger partial charge is 0.107 e. The summed E-state index contributed by atoms with van der Waals surface area (Å²) in [5.74, 6) is 0. The topological polar surface area (TPSA) is 12.9 Å². The van der Waals surface area contributed by atoms with Crippen molar-refractivity contribution in [1.29, 1.82) is 0 Å². The Morgan fingerprint density at radius 1 is 1.55 bits per heavy atom. The monoisotopic (exact) mass is 227 g/mol. The molecule has 0 aliphatic heterocycles. The van der Waals surface area contributed by atoms with Crippen molar-refractivity contribution in [2.45, 2.75) is 6.92 Å². The maximum absolute atomic E-state index is 4.16. The summed E-state index contributed by atoms with van der Waals surface area (Å²) >= 11 is 5.10. The average Bonchev–Trinajstić information content (AvgIpc) is 2.32. The number of halogens is 1. The molecule has 0 bridgehead atoms. The van der Waals surface area contributed by atoms with E-state index in [0.29, 0.717) is 0 Å². The van der Waals surface area contributed by atoms with Crippen LogP contribution in [0.5, 0.6) is 0 Å². The molecule has 0 saturated heterocycles. The van der Waals surface area contributed by atoms with Crippen molar-refractivity contribution in [3.8, 4) is 0 Å². The zero-order valence-electron chi connectivity index (χ0n) is 5.97. The Balaban J connectivity index is 2.86. The second-order valence-electron chi connectivity index (χ2n) is 2.42. The van der Waals surface area contributed by atoms with Gasteiger partial charge in [-0.05, 0) is 39.9 Å². The minimum Gasteiger partial charge on any atom is -0.249 e. The number of hydrogen-bond acceptors (Lipinski definition) is 2. The molecule has 11 heavy (non-hydrogen) atoms. The SMILES string of the molecule is Cc1csc2cc(Br)ncc12. The highest BCUT2D eigenvalue weighted by atomic mass is 79.9. The lowest BCUT2D eigenvalue weighted by molar-refractivity contribution is 1.31. The lowest BCUT2D eigenvalue weighted by Gasteiger charge is -1.90. The van der Waals surface area contributed by atoms with E-state index in [2.05, 4.69) is 33.2 Å². The highest BCUT2D eigenvalue weighted by molar-refractivity contribution is 9.10. The molecular weight excluding hydrogens is 222 g/mol. The van der Waals surface area contributed by atoms with Gasteiger partial charge in [-0.25, -0.2) is 4.98 Å². The second-order valence-corrected chi connectivity index (χ2v) is 4.15. The van der Waals surface area contributed by atoms with E-state index >= 15 is 0 Å². The van der Waals surface area contributed by atoms with E-state index in [1.165, 1.54) is 15.6 Å². The van der Waals surface area contributed by atoms with Gasteiger partial charge < -0.3 is 0 Å². The van der Waals surface area contributed by atoms with Gasteiger partial charge in [-0.1, -0.05) is 0 Å². The van der Waals surface area contributed by atoms with Gasteiger partial charge in [-0.3, -0.25) is 0 Å². The second kappa shape index (κ2) is 2.57. The molecule has 0 N–H and O–H groups in total. The Kier molecular flexibility index (Phi) is 1.69. The molecule has 0 aromatic carbocycles. The summed E-state index contributed by atoms with van der Waals surface area (Å²) in [5.41, 5.74) is 1.31. The van der Waals surface area contributed by atoms with Crippen LogP contribution >= 0.6 is 27.3 Å². The first-order valence-electron chi connectivity index (χ1n) is 3.27. The Hall–Kier alpha value is -0.410. The minimum atomic E-state index is 0.909. The fourth-order valence-electron chi connectivity index (χ4n) is 1.02. The fraction of sp³-hybridized carbons (Fsp3) is 0.125. The van der Waals surface area contributed by atoms with Crippen LogP contribution in [-0.4, -0.2) is 4.98 Å². The first-order valence-corrected chi connectivity index (χ1v) is 4.94. The van der Waals surface area contributed by atoms with Crippen LogP contribution in [0.15, 0.2) is 22.2 Å². The molecular formula is C8H6BrNS. The summed E-state index contributed by atoms with van der Waals surface area (Å²) < 4.78 is 2.20. The average molecular weight is 228 g/mol. The summed E-state index contributed by atoms with van der Waals surface area (Å²) in [6.07, 6.45) is 1.91. The van der Waals surface area contributed by atoms with Crippen LogP contribution in [0.1, 0.15) is 5.56 Å². The van der Waals surface area contributed by atoms with Crippen LogP contribution in [0, 0.1) is 6.92 Å². The van der Waals surface area contributed by atoms with Gasteiger partial charge in [0.15, 0.2) is 0 Å². The standard InChI is InChI=1S/C8H6BrNS/c1-5-4-11-7-2-8(9)10-3-6(5)7/h2-4H,1H3. The van der Waals surface area contributed by atoms with Crippen molar-refractivity contribution in [2.24, 2.45) is 0 Å². The van der Waals surface area contributed by atoms with E-state index in [4.69, 9.17) is 0 Å². The van der Waals surface area contributed by atoms with Crippen LogP contribution < -0.4 is 0 Å². The van der Waals surface area contributed by atoms with Crippen LogP contribution in [-0.2, 0) is 0 Å². The third kappa shape index (κ3) is 1.19. The van der Waals surface area contributed by atoms with Gasteiger partial charge in [0, 0.05) is 16.3 Å². The molecule has 0 atom stereocenters. The van der Waals surface area contributed by atoms with Gasteiger partial charge in [0.1, 0.15) is 4.60 Å². The normalized spacial score (nSPS) is 10.7. The zero-order chi connectivity index (χ0) is 7.84. The van der Waals surface area contributed by atoms with Crippen LogP contribution in [0.4, 0.5) is 0 Å². The minimum absolute atomic E-state index is 0.909. The molecule has 1 nitrogen and oxygen atoms in total. The molecule has 2 aromatic heterocycles. The molecule has 2 aromatic rings. The van der Waals surface area contributed by atoms with Crippen molar-refractivity contribution in [2.75, 3.05) is 0 Å². The predicted octanol–water partition coefficient (Wildman–Crippen LogP) is 3.37. The molecule has 0 aliphatic carbocycles. The van der Waals surface area contributed by atoms with Gasteiger partial charge in [0.2, 0.25) is 0 Å².